The number of hydrogen-bond acceptors (Lipinski definition) is 5. The first-order chi connectivity index (χ1) is 18.2. The zero-order chi connectivity index (χ0) is 27.3. The SMILES string of the molecule is CCOCCOc1nc(-c2cccc(C(F)(F)F)c2)n(-c2ccc(NC(=O)c3ccc(Cl)cc3Cl)cc2)n1. The molecule has 3 aromatic carbocycles. The summed E-state index contributed by atoms with van der Waals surface area (Å²) in [6, 6.07) is 15.8. The third-order valence-corrected chi connectivity index (χ3v) is 5.79. The van der Waals surface area contributed by atoms with E-state index in [4.69, 9.17) is 32.7 Å². The van der Waals surface area contributed by atoms with Crippen LogP contribution in [0.1, 0.15) is 22.8 Å². The van der Waals surface area contributed by atoms with E-state index < -0.39 is 17.6 Å². The molecule has 1 amide bonds. The van der Waals surface area contributed by atoms with Crippen LogP contribution in [0, 0.1) is 0 Å². The van der Waals surface area contributed by atoms with E-state index in [9.17, 15) is 18.0 Å². The fourth-order valence-corrected chi connectivity index (χ4v) is 3.94. The molecule has 0 saturated carbocycles. The van der Waals surface area contributed by atoms with Crippen LogP contribution in [0.25, 0.3) is 17.1 Å². The van der Waals surface area contributed by atoms with E-state index in [1.807, 2.05) is 6.92 Å². The number of carbonyl (C=O) groups is 1. The van der Waals surface area contributed by atoms with E-state index in [-0.39, 0.29) is 34.6 Å². The maximum Gasteiger partial charge on any atom is 0.416 e. The largest absolute Gasteiger partial charge is 0.460 e. The van der Waals surface area contributed by atoms with Crippen LogP contribution in [-0.2, 0) is 10.9 Å². The summed E-state index contributed by atoms with van der Waals surface area (Å²) in [7, 11) is 0. The Balaban J connectivity index is 1.62. The predicted octanol–water partition coefficient (Wildman–Crippen LogP) is 6.93. The molecule has 7 nitrogen and oxygen atoms in total. The second kappa shape index (κ2) is 11.8. The molecule has 0 fully saturated rings. The highest BCUT2D eigenvalue weighted by atomic mass is 35.5. The molecule has 4 rings (SSSR count). The van der Waals surface area contributed by atoms with E-state index in [0.717, 1.165) is 12.1 Å². The van der Waals surface area contributed by atoms with Gasteiger partial charge in [0.1, 0.15) is 6.61 Å². The second-order valence-electron chi connectivity index (χ2n) is 7.88. The lowest BCUT2D eigenvalue weighted by Gasteiger charge is -2.11. The number of alkyl halides is 3. The highest BCUT2D eigenvalue weighted by Gasteiger charge is 2.31. The number of anilines is 1. The summed E-state index contributed by atoms with van der Waals surface area (Å²) in [5.74, 6) is -0.290. The third-order valence-electron chi connectivity index (χ3n) is 5.24. The summed E-state index contributed by atoms with van der Waals surface area (Å²) in [6.07, 6.45) is -4.52. The Morgan fingerprint density at radius 3 is 2.47 bits per heavy atom. The molecule has 0 unspecified atom stereocenters. The molecule has 4 aromatic rings. The van der Waals surface area contributed by atoms with E-state index >= 15 is 0 Å². The number of hydrogen-bond donors (Lipinski definition) is 1. The van der Waals surface area contributed by atoms with Crippen molar-refractivity contribution in [2.45, 2.75) is 13.1 Å². The lowest BCUT2D eigenvalue weighted by molar-refractivity contribution is -0.137. The lowest BCUT2D eigenvalue weighted by Crippen LogP contribution is -2.12. The number of amides is 1. The fourth-order valence-electron chi connectivity index (χ4n) is 3.45. The molecule has 0 saturated heterocycles. The maximum absolute atomic E-state index is 13.3. The van der Waals surface area contributed by atoms with E-state index in [2.05, 4.69) is 15.4 Å². The Kier molecular flexibility index (Phi) is 8.55. The van der Waals surface area contributed by atoms with Gasteiger partial charge in [-0.05, 0) is 61.5 Å². The Morgan fingerprint density at radius 1 is 1.03 bits per heavy atom. The number of carbonyl (C=O) groups excluding carboxylic acids is 1. The number of nitrogens with one attached hydrogen (secondary N) is 1. The van der Waals surface area contributed by atoms with Crippen molar-refractivity contribution in [3.8, 4) is 23.1 Å². The molecule has 0 atom stereocenters. The smallest absolute Gasteiger partial charge is 0.416 e. The summed E-state index contributed by atoms with van der Waals surface area (Å²) < 4.78 is 52.2. The summed E-state index contributed by atoms with van der Waals surface area (Å²) in [5, 5.41) is 7.68. The summed E-state index contributed by atoms with van der Waals surface area (Å²) in [6.45, 7) is 2.82. The summed E-state index contributed by atoms with van der Waals surface area (Å²) >= 11 is 12.0. The van der Waals surface area contributed by atoms with Crippen molar-refractivity contribution < 1.29 is 27.4 Å². The van der Waals surface area contributed by atoms with Gasteiger partial charge in [-0.15, -0.1) is 5.10 Å². The van der Waals surface area contributed by atoms with Gasteiger partial charge in [0, 0.05) is 22.9 Å². The first kappa shape index (κ1) is 27.4. The van der Waals surface area contributed by atoms with Gasteiger partial charge in [-0.1, -0.05) is 35.3 Å². The topological polar surface area (TPSA) is 78.3 Å². The molecule has 1 N–H and O–H groups in total. The van der Waals surface area contributed by atoms with Crippen LogP contribution < -0.4 is 10.1 Å². The number of benzene rings is 3. The molecule has 0 aliphatic carbocycles. The molecule has 0 spiro atoms. The average Bonchev–Trinajstić information content (AvgIpc) is 3.31. The molecule has 1 heterocycles. The minimum absolute atomic E-state index is 0.0214. The normalized spacial score (nSPS) is 11.4. The molecule has 12 heteroatoms. The number of halogens is 5. The van der Waals surface area contributed by atoms with Crippen LogP contribution in [0.3, 0.4) is 0 Å². The van der Waals surface area contributed by atoms with E-state index in [0.29, 0.717) is 29.6 Å². The monoisotopic (exact) mass is 564 g/mol. The molecular weight excluding hydrogens is 544 g/mol. The van der Waals surface area contributed by atoms with E-state index in [1.165, 1.54) is 28.9 Å². The average molecular weight is 565 g/mol. The number of aromatic nitrogens is 3. The van der Waals surface area contributed by atoms with Gasteiger partial charge in [0.25, 0.3) is 5.91 Å². The number of rotatable bonds is 9. The zero-order valence-electron chi connectivity index (χ0n) is 19.9. The third kappa shape index (κ3) is 6.63. The molecule has 198 valence electrons. The number of nitrogens with zero attached hydrogens (tertiary/aromatic N) is 3. The van der Waals surface area contributed by atoms with Crippen molar-refractivity contribution in [3.63, 3.8) is 0 Å². The van der Waals surface area contributed by atoms with Crippen molar-refractivity contribution in [2.24, 2.45) is 0 Å². The van der Waals surface area contributed by atoms with Gasteiger partial charge < -0.3 is 14.8 Å². The van der Waals surface area contributed by atoms with Gasteiger partial charge in [0.2, 0.25) is 0 Å². The standard InChI is InChI=1S/C26H21Cl2F3N4O3/c1-2-37-12-13-38-25-33-23(16-4-3-5-17(14-16)26(29,30)31)35(34-25)20-9-7-19(8-10-20)32-24(36)21-11-6-18(27)15-22(21)28/h3-11,14-15H,2,12-13H2,1H3,(H,32,36). The first-order valence-corrected chi connectivity index (χ1v) is 12.1. The molecule has 1 aromatic heterocycles. The fraction of sp³-hybridized carbons (Fsp3) is 0.192. The molecule has 0 aliphatic rings. The van der Waals surface area contributed by atoms with Crippen LogP contribution in [0.4, 0.5) is 18.9 Å². The van der Waals surface area contributed by atoms with Crippen LogP contribution in [0.2, 0.25) is 10.0 Å². The molecule has 0 bridgehead atoms. The first-order valence-electron chi connectivity index (χ1n) is 11.4. The molecule has 38 heavy (non-hydrogen) atoms. The van der Waals surface area contributed by atoms with Crippen molar-refractivity contribution in [1.82, 2.24) is 14.8 Å². The van der Waals surface area contributed by atoms with E-state index in [1.54, 1.807) is 30.3 Å². The second-order valence-corrected chi connectivity index (χ2v) is 8.72. The summed E-state index contributed by atoms with van der Waals surface area (Å²) in [5.41, 5.74) is 0.562. The molecular formula is C26H21Cl2F3N4O3. The predicted molar refractivity (Wildman–Crippen MR) is 138 cm³/mol. The lowest BCUT2D eigenvalue weighted by atomic mass is 10.1. The van der Waals surface area contributed by atoms with Gasteiger partial charge >= 0.3 is 12.2 Å². The quantitative estimate of drug-likeness (QED) is 0.223. The van der Waals surface area contributed by atoms with Gasteiger partial charge in [-0.3, -0.25) is 4.79 Å². The van der Waals surface area contributed by atoms with Crippen LogP contribution >= 0.6 is 23.2 Å². The highest BCUT2D eigenvalue weighted by molar-refractivity contribution is 6.37. The van der Waals surface area contributed by atoms with Crippen molar-refractivity contribution in [1.29, 1.82) is 0 Å². The molecule has 0 radical (unpaired) electrons. The van der Waals surface area contributed by atoms with Gasteiger partial charge in [-0.25, -0.2) is 4.68 Å². The Bertz CT molecular complexity index is 1430. The van der Waals surface area contributed by atoms with Gasteiger partial charge in [0.05, 0.1) is 28.4 Å². The van der Waals surface area contributed by atoms with Crippen LogP contribution in [0.15, 0.2) is 66.7 Å². The minimum atomic E-state index is -4.52. The Labute approximate surface area is 226 Å². The molecule has 0 aliphatic heterocycles. The van der Waals surface area contributed by atoms with Gasteiger partial charge in [0.15, 0.2) is 5.82 Å². The van der Waals surface area contributed by atoms with Crippen molar-refractivity contribution in [2.75, 3.05) is 25.1 Å². The summed E-state index contributed by atoms with van der Waals surface area (Å²) in [4.78, 5) is 16.9. The van der Waals surface area contributed by atoms with Crippen LogP contribution in [-0.4, -0.2) is 40.5 Å². The van der Waals surface area contributed by atoms with Gasteiger partial charge in [-0.2, -0.15) is 18.2 Å². The number of ether oxygens (including phenoxy) is 2. The maximum atomic E-state index is 13.3. The van der Waals surface area contributed by atoms with Crippen molar-refractivity contribution >= 4 is 34.8 Å². The Hall–Kier alpha value is -3.60. The zero-order valence-corrected chi connectivity index (χ0v) is 21.4. The minimum Gasteiger partial charge on any atom is -0.460 e. The van der Waals surface area contributed by atoms with Crippen molar-refractivity contribution in [3.05, 3.63) is 87.9 Å². The Morgan fingerprint density at radius 2 is 1.79 bits per heavy atom. The highest BCUT2D eigenvalue weighted by Crippen LogP contribution is 2.33. The van der Waals surface area contributed by atoms with Crippen LogP contribution in [0.5, 0.6) is 6.01 Å².